The maximum absolute atomic E-state index is 12.1. The van der Waals surface area contributed by atoms with Crippen molar-refractivity contribution >= 4 is 18.0 Å². The molecule has 0 bridgehead atoms. The molecular weight excluding hydrogens is 372 g/mol. The van der Waals surface area contributed by atoms with E-state index in [-0.39, 0.29) is 31.4 Å². The molecule has 1 aliphatic carbocycles. The summed E-state index contributed by atoms with van der Waals surface area (Å²) in [6.07, 6.45) is 0.0350. The predicted octanol–water partition coefficient (Wildman–Crippen LogP) is 2.03. The number of carboxylic acid groups (broad SMARTS) is 1. The van der Waals surface area contributed by atoms with E-state index in [0.717, 1.165) is 22.3 Å². The molecule has 0 aliphatic heterocycles. The Kier molecular flexibility index (Phi) is 6.46. The molecule has 0 fully saturated rings. The summed E-state index contributed by atoms with van der Waals surface area (Å²) in [4.78, 5) is 26.7. The maximum Gasteiger partial charge on any atom is 0.413 e. The second-order valence-electron chi connectivity index (χ2n) is 6.80. The van der Waals surface area contributed by atoms with E-state index in [1.54, 1.807) is 0 Å². The number of carboxylic acids is 1. The van der Waals surface area contributed by atoms with Crippen LogP contribution in [0.5, 0.6) is 0 Å². The van der Waals surface area contributed by atoms with Crippen LogP contribution < -0.4 is 16.8 Å². The van der Waals surface area contributed by atoms with Gasteiger partial charge in [-0.2, -0.15) is 0 Å². The van der Waals surface area contributed by atoms with Gasteiger partial charge in [0.05, 0.1) is 0 Å². The van der Waals surface area contributed by atoms with Gasteiger partial charge in [-0.15, -0.1) is 0 Å². The number of ether oxygens (including phenoxy) is 1. The Labute approximate surface area is 168 Å². The molecule has 0 radical (unpaired) electrons. The number of hydrogen-bond acceptors (Lipinski definition) is 5. The Hall–Kier alpha value is -3.39. The summed E-state index contributed by atoms with van der Waals surface area (Å²) in [5.74, 6) is -1.17. The molecule has 2 aromatic carbocycles. The molecule has 1 atom stereocenters. The third-order valence-corrected chi connectivity index (χ3v) is 4.85. The number of nitrogens with zero attached hydrogens (tertiary/aromatic N) is 1. The summed E-state index contributed by atoms with van der Waals surface area (Å²) < 4.78 is 5.38. The van der Waals surface area contributed by atoms with E-state index in [1.165, 1.54) is 0 Å². The van der Waals surface area contributed by atoms with Crippen LogP contribution in [0.4, 0.5) is 4.79 Å². The molecule has 0 saturated heterocycles. The van der Waals surface area contributed by atoms with E-state index in [1.807, 2.05) is 36.4 Å². The lowest BCUT2D eigenvalue weighted by molar-refractivity contribution is -0.138. The number of fused-ring (bicyclic) bond motifs is 3. The molecule has 0 heterocycles. The van der Waals surface area contributed by atoms with Gasteiger partial charge in [-0.05, 0) is 35.1 Å². The molecule has 3 rings (SSSR count). The Balaban J connectivity index is 1.52. The highest BCUT2D eigenvalue weighted by Crippen LogP contribution is 2.44. The number of alkyl carbamates (subject to hydrolysis) is 1. The van der Waals surface area contributed by atoms with Crippen LogP contribution in [0, 0.1) is 0 Å². The minimum absolute atomic E-state index is 0.0381. The quantitative estimate of drug-likeness (QED) is 0.321. The number of aliphatic carboxylic acids is 1. The summed E-state index contributed by atoms with van der Waals surface area (Å²) in [5, 5.41) is 11.1. The maximum atomic E-state index is 12.1. The third-order valence-electron chi connectivity index (χ3n) is 4.85. The fraction of sp³-hybridized carbons (Fsp3) is 0.286. The molecule has 0 spiro atoms. The second kappa shape index (κ2) is 9.20. The van der Waals surface area contributed by atoms with Crippen LogP contribution in [0.1, 0.15) is 29.9 Å². The monoisotopic (exact) mass is 396 g/mol. The Morgan fingerprint density at radius 1 is 1.10 bits per heavy atom. The van der Waals surface area contributed by atoms with Crippen molar-refractivity contribution in [1.82, 2.24) is 5.32 Å². The fourth-order valence-electron chi connectivity index (χ4n) is 3.41. The summed E-state index contributed by atoms with van der Waals surface area (Å²) in [7, 11) is 0. The highest BCUT2D eigenvalue weighted by molar-refractivity contribution is 5.92. The van der Waals surface area contributed by atoms with Crippen molar-refractivity contribution in [1.29, 1.82) is 0 Å². The van der Waals surface area contributed by atoms with E-state index >= 15 is 0 Å². The topological polar surface area (TPSA) is 140 Å². The number of amides is 1. The van der Waals surface area contributed by atoms with Crippen LogP contribution in [-0.2, 0) is 9.53 Å². The van der Waals surface area contributed by atoms with Gasteiger partial charge in [0.1, 0.15) is 12.6 Å². The molecule has 0 saturated carbocycles. The van der Waals surface area contributed by atoms with Crippen LogP contribution in [0.3, 0.4) is 0 Å². The smallest absolute Gasteiger partial charge is 0.413 e. The first-order chi connectivity index (χ1) is 14.0. The summed E-state index contributed by atoms with van der Waals surface area (Å²) >= 11 is 0. The number of carbonyl (C=O) groups excluding carboxylic acids is 1. The Bertz CT molecular complexity index is 883. The molecule has 0 aromatic heterocycles. The van der Waals surface area contributed by atoms with E-state index in [4.69, 9.17) is 21.3 Å². The number of carbonyl (C=O) groups is 2. The zero-order valence-electron chi connectivity index (χ0n) is 15.9. The number of benzene rings is 2. The summed E-state index contributed by atoms with van der Waals surface area (Å²) in [6, 6.07) is 15.2. The van der Waals surface area contributed by atoms with Crippen LogP contribution in [-0.4, -0.2) is 42.3 Å². The lowest BCUT2D eigenvalue weighted by Gasteiger charge is -2.14. The summed E-state index contributed by atoms with van der Waals surface area (Å²) in [5.41, 5.74) is 15.6. The van der Waals surface area contributed by atoms with E-state index in [9.17, 15) is 9.59 Å². The van der Waals surface area contributed by atoms with Crippen LogP contribution in [0.25, 0.3) is 11.1 Å². The van der Waals surface area contributed by atoms with E-state index in [2.05, 4.69) is 22.4 Å². The van der Waals surface area contributed by atoms with Crippen molar-refractivity contribution in [2.75, 3.05) is 13.2 Å². The average Bonchev–Trinajstić information content (AvgIpc) is 3.03. The Morgan fingerprint density at radius 3 is 2.28 bits per heavy atom. The zero-order chi connectivity index (χ0) is 20.8. The van der Waals surface area contributed by atoms with Gasteiger partial charge in [0.2, 0.25) is 0 Å². The zero-order valence-corrected chi connectivity index (χ0v) is 15.9. The molecule has 1 aliphatic rings. The number of nitrogens with two attached hydrogens (primary N) is 2. The molecular formula is C21H24N4O4. The fourth-order valence-corrected chi connectivity index (χ4v) is 3.41. The highest BCUT2D eigenvalue weighted by Gasteiger charge is 2.29. The lowest BCUT2D eigenvalue weighted by atomic mass is 9.98. The van der Waals surface area contributed by atoms with Gasteiger partial charge in [0.15, 0.2) is 5.96 Å². The van der Waals surface area contributed by atoms with Crippen molar-refractivity contribution in [3.05, 3.63) is 59.7 Å². The molecule has 8 nitrogen and oxygen atoms in total. The second-order valence-corrected chi connectivity index (χ2v) is 6.80. The first kappa shape index (κ1) is 20.3. The molecule has 8 heteroatoms. The van der Waals surface area contributed by atoms with Crippen molar-refractivity contribution in [2.45, 2.75) is 24.8 Å². The number of rotatable bonds is 7. The lowest BCUT2D eigenvalue weighted by Crippen LogP contribution is -2.38. The summed E-state index contributed by atoms with van der Waals surface area (Å²) in [6.45, 7) is 0.442. The predicted molar refractivity (Wildman–Crippen MR) is 110 cm³/mol. The van der Waals surface area contributed by atoms with Crippen molar-refractivity contribution in [3.63, 3.8) is 0 Å². The van der Waals surface area contributed by atoms with E-state index in [0.29, 0.717) is 6.42 Å². The van der Waals surface area contributed by atoms with Gasteiger partial charge in [0, 0.05) is 12.5 Å². The minimum Gasteiger partial charge on any atom is -0.480 e. The van der Waals surface area contributed by atoms with Gasteiger partial charge < -0.3 is 21.3 Å². The third kappa shape index (κ3) is 4.91. The van der Waals surface area contributed by atoms with Crippen molar-refractivity contribution < 1.29 is 19.4 Å². The number of nitrogens with one attached hydrogen (secondary N) is 1. The van der Waals surface area contributed by atoms with Gasteiger partial charge in [0.25, 0.3) is 0 Å². The first-order valence-corrected chi connectivity index (χ1v) is 9.37. The molecule has 152 valence electrons. The average molecular weight is 396 g/mol. The van der Waals surface area contributed by atoms with Crippen LogP contribution in [0.15, 0.2) is 53.5 Å². The Morgan fingerprint density at radius 2 is 1.69 bits per heavy atom. The highest BCUT2D eigenvalue weighted by atomic mass is 16.5. The van der Waals surface area contributed by atoms with Gasteiger partial charge >= 0.3 is 12.1 Å². The molecule has 1 amide bonds. The van der Waals surface area contributed by atoms with E-state index < -0.39 is 18.1 Å². The minimum atomic E-state index is -1.06. The standard InChI is InChI=1S/C21H24N4O4/c22-18(19(26)27)10-5-11-24-20(23)25-21(28)29-12-17-15-8-3-1-6-13(15)14-7-2-4-9-16(14)17/h1-4,6-9,17-18H,5,10-12,22H2,(H,26,27)(H3,23,24,25,28)/t18-/m1/s1. The SMILES string of the molecule is NC(=NCCC[C@@H](N)C(=O)O)NC(=O)OCC1c2ccccc2-c2ccccc21. The first-order valence-electron chi connectivity index (χ1n) is 9.37. The molecule has 0 unspecified atom stereocenters. The largest absolute Gasteiger partial charge is 0.480 e. The van der Waals surface area contributed by atoms with Crippen LogP contribution in [0.2, 0.25) is 0 Å². The number of aliphatic imine (C=N–C) groups is 1. The number of guanidine groups is 1. The van der Waals surface area contributed by atoms with Gasteiger partial charge in [-0.25, -0.2) is 4.79 Å². The van der Waals surface area contributed by atoms with Crippen molar-refractivity contribution in [2.24, 2.45) is 16.5 Å². The van der Waals surface area contributed by atoms with Crippen LogP contribution >= 0.6 is 0 Å². The number of hydrogen-bond donors (Lipinski definition) is 4. The molecule has 29 heavy (non-hydrogen) atoms. The molecule has 6 N–H and O–H groups in total. The van der Waals surface area contributed by atoms with Gasteiger partial charge in [-0.3, -0.25) is 15.1 Å². The molecule has 2 aromatic rings. The van der Waals surface area contributed by atoms with Gasteiger partial charge in [-0.1, -0.05) is 48.5 Å². The normalized spacial score (nSPS) is 14.0. The van der Waals surface area contributed by atoms with Crippen molar-refractivity contribution in [3.8, 4) is 11.1 Å².